The third-order valence-corrected chi connectivity index (χ3v) is 2.41. The van der Waals surface area contributed by atoms with Crippen LogP contribution in [0, 0.1) is 3.57 Å². The maximum Gasteiger partial charge on any atom is 1.00 e. The average Bonchev–Trinajstić information content (AvgIpc) is 1.88. The standard InChI is InChI=1S/C6H5IO2S.Li/c7-5-1-3-6(4-2-5)10(8)9;/h1-4H,(H,8,9);/q;+1. The van der Waals surface area contributed by atoms with E-state index in [0.717, 1.165) is 3.57 Å². The Morgan fingerprint density at radius 1 is 1.27 bits per heavy atom. The molecule has 11 heavy (non-hydrogen) atoms. The van der Waals surface area contributed by atoms with E-state index in [9.17, 15) is 4.21 Å². The summed E-state index contributed by atoms with van der Waals surface area (Å²) < 4.78 is 20.1. The van der Waals surface area contributed by atoms with Crippen molar-refractivity contribution in [2.45, 2.75) is 4.90 Å². The van der Waals surface area contributed by atoms with E-state index in [0.29, 0.717) is 4.90 Å². The van der Waals surface area contributed by atoms with Crippen molar-refractivity contribution < 1.29 is 27.6 Å². The smallest absolute Gasteiger partial charge is 0.302 e. The molecule has 1 aromatic rings. The number of rotatable bonds is 1. The van der Waals surface area contributed by atoms with Crippen molar-refractivity contribution in [3.05, 3.63) is 27.8 Å². The molecule has 0 saturated heterocycles. The van der Waals surface area contributed by atoms with Crippen molar-refractivity contribution >= 4 is 33.7 Å². The fourth-order valence-electron chi connectivity index (χ4n) is 0.551. The molecule has 0 saturated carbocycles. The van der Waals surface area contributed by atoms with Crippen molar-refractivity contribution in [1.82, 2.24) is 0 Å². The molecule has 5 heteroatoms. The van der Waals surface area contributed by atoms with Crippen LogP contribution in [0.1, 0.15) is 0 Å². The Balaban J connectivity index is 0.000001000. The van der Waals surface area contributed by atoms with Gasteiger partial charge in [0.25, 0.3) is 0 Å². The van der Waals surface area contributed by atoms with Crippen LogP contribution >= 0.6 is 22.6 Å². The van der Waals surface area contributed by atoms with Gasteiger partial charge in [-0.25, -0.2) is 4.21 Å². The predicted octanol–water partition coefficient (Wildman–Crippen LogP) is -1.12. The summed E-state index contributed by atoms with van der Waals surface area (Å²) in [5.74, 6) is 0. The molecule has 1 atom stereocenters. The van der Waals surface area contributed by atoms with E-state index in [4.69, 9.17) is 4.55 Å². The minimum Gasteiger partial charge on any atom is -0.302 e. The van der Waals surface area contributed by atoms with Crippen molar-refractivity contribution in [3.63, 3.8) is 0 Å². The zero-order valence-electron chi connectivity index (χ0n) is 5.95. The van der Waals surface area contributed by atoms with Gasteiger partial charge in [-0.2, -0.15) is 0 Å². The molecule has 54 valence electrons. The molecule has 0 amide bonds. The zero-order chi connectivity index (χ0) is 7.56. The van der Waals surface area contributed by atoms with Crippen LogP contribution in [-0.4, -0.2) is 8.76 Å². The summed E-state index contributed by atoms with van der Waals surface area (Å²) in [4.78, 5) is 0.445. The largest absolute Gasteiger partial charge is 1.00 e. The van der Waals surface area contributed by atoms with E-state index >= 15 is 0 Å². The molecular weight excluding hydrogens is 270 g/mol. The van der Waals surface area contributed by atoms with Crippen LogP contribution in [-0.2, 0) is 11.1 Å². The fraction of sp³-hybridized carbons (Fsp3) is 0. The summed E-state index contributed by atoms with van der Waals surface area (Å²) in [7, 11) is 0. The third-order valence-electron chi connectivity index (χ3n) is 1.02. The second-order valence-corrected chi connectivity index (χ2v) is 3.92. The van der Waals surface area contributed by atoms with E-state index in [2.05, 4.69) is 22.6 Å². The summed E-state index contributed by atoms with van der Waals surface area (Å²) in [6.07, 6.45) is 0. The molecule has 0 aliphatic rings. The number of hydrogen-bond donors (Lipinski definition) is 1. The topological polar surface area (TPSA) is 37.3 Å². The molecule has 0 aliphatic heterocycles. The first-order valence-corrected chi connectivity index (χ1v) is 4.75. The summed E-state index contributed by atoms with van der Waals surface area (Å²) in [6.45, 7) is 0. The van der Waals surface area contributed by atoms with Gasteiger partial charge in [0, 0.05) is 3.57 Å². The molecule has 0 radical (unpaired) electrons. The molecule has 0 heterocycles. The van der Waals surface area contributed by atoms with Crippen LogP contribution in [0.3, 0.4) is 0 Å². The van der Waals surface area contributed by atoms with E-state index < -0.39 is 11.1 Å². The maximum atomic E-state index is 10.4. The van der Waals surface area contributed by atoms with Gasteiger partial charge in [-0.1, -0.05) is 0 Å². The summed E-state index contributed by atoms with van der Waals surface area (Å²) >= 11 is 0.299. The van der Waals surface area contributed by atoms with Crippen molar-refractivity contribution in [3.8, 4) is 0 Å². The molecule has 0 aliphatic carbocycles. The van der Waals surface area contributed by atoms with Crippen molar-refractivity contribution in [2.24, 2.45) is 0 Å². The molecule has 1 rings (SSSR count). The van der Waals surface area contributed by atoms with Gasteiger partial charge in [-0.15, -0.1) is 0 Å². The molecule has 0 spiro atoms. The molecule has 0 bridgehead atoms. The van der Waals surface area contributed by atoms with E-state index in [1.54, 1.807) is 24.3 Å². The van der Waals surface area contributed by atoms with Gasteiger partial charge in [0.15, 0.2) is 11.1 Å². The van der Waals surface area contributed by atoms with Gasteiger partial charge in [0.05, 0.1) is 4.90 Å². The van der Waals surface area contributed by atoms with Crippen LogP contribution in [0.2, 0.25) is 0 Å². The molecule has 1 N–H and O–H groups in total. The van der Waals surface area contributed by atoms with Crippen LogP contribution in [0.15, 0.2) is 29.2 Å². The van der Waals surface area contributed by atoms with Gasteiger partial charge in [-0.05, 0) is 46.9 Å². The summed E-state index contributed by atoms with van der Waals surface area (Å²) in [5.41, 5.74) is 0. The Kier molecular flexibility index (Phi) is 5.65. The Bertz CT molecular complexity index is 249. The van der Waals surface area contributed by atoms with Crippen molar-refractivity contribution in [2.75, 3.05) is 0 Å². The molecule has 1 aromatic carbocycles. The number of benzene rings is 1. The number of hydrogen-bond acceptors (Lipinski definition) is 1. The Hall–Kier alpha value is 0.657. The van der Waals surface area contributed by atoms with Crippen molar-refractivity contribution in [1.29, 1.82) is 0 Å². The quantitative estimate of drug-likeness (QED) is 0.400. The van der Waals surface area contributed by atoms with E-state index in [1.807, 2.05) is 0 Å². The minimum absolute atomic E-state index is 0. The third kappa shape index (κ3) is 3.72. The average molecular weight is 275 g/mol. The second-order valence-electron chi connectivity index (χ2n) is 1.70. The fourth-order valence-corrected chi connectivity index (χ4v) is 1.28. The van der Waals surface area contributed by atoms with Crippen LogP contribution in [0.4, 0.5) is 0 Å². The monoisotopic (exact) mass is 275 g/mol. The zero-order valence-corrected chi connectivity index (χ0v) is 8.93. The number of halogens is 1. The van der Waals surface area contributed by atoms with Crippen LogP contribution < -0.4 is 18.9 Å². The first-order chi connectivity index (χ1) is 4.70. The Labute approximate surface area is 93.4 Å². The van der Waals surface area contributed by atoms with Gasteiger partial charge >= 0.3 is 18.9 Å². The van der Waals surface area contributed by atoms with Crippen LogP contribution in [0.25, 0.3) is 0 Å². The van der Waals surface area contributed by atoms with Crippen LogP contribution in [0.5, 0.6) is 0 Å². The maximum absolute atomic E-state index is 10.4. The second kappa shape index (κ2) is 5.33. The molecular formula is C6H5ILiO2S+. The normalized spacial score (nSPS) is 11.8. The molecule has 0 aromatic heterocycles. The van der Waals surface area contributed by atoms with E-state index in [1.165, 1.54) is 0 Å². The molecule has 2 nitrogen and oxygen atoms in total. The SMILES string of the molecule is O=S(O)c1ccc(I)cc1.[Li+]. The van der Waals surface area contributed by atoms with Gasteiger partial charge < -0.3 is 4.55 Å². The summed E-state index contributed by atoms with van der Waals surface area (Å²) in [6, 6.07) is 6.86. The minimum atomic E-state index is -1.84. The molecule has 1 unspecified atom stereocenters. The van der Waals surface area contributed by atoms with E-state index in [-0.39, 0.29) is 18.9 Å². The summed E-state index contributed by atoms with van der Waals surface area (Å²) in [5, 5.41) is 0. The molecule has 0 fully saturated rings. The first kappa shape index (κ1) is 11.7. The van der Waals surface area contributed by atoms with Gasteiger partial charge in [-0.3, -0.25) is 0 Å². The van der Waals surface area contributed by atoms with Gasteiger partial charge in [0.2, 0.25) is 0 Å². The first-order valence-electron chi connectivity index (χ1n) is 2.56. The Morgan fingerprint density at radius 2 is 1.73 bits per heavy atom. The Morgan fingerprint density at radius 3 is 2.09 bits per heavy atom. The van der Waals surface area contributed by atoms with Gasteiger partial charge in [0.1, 0.15) is 0 Å². The predicted molar refractivity (Wildman–Crippen MR) is 48.2 cm³/mol.